The summed E-state index contributed by atoms with van der Waals surface area (Å²) in [5, 5.41) is 0. The summed E-state index contributed by atoms with van der Waals surface area (Å²) in [6.45, 7) is 6.83. The molecule has 2 rings (SSSR count). The smallest absolute Gasteiger partial charge is 0.322 e. The van der Waals surface area contributed by atoms with Gasteiger partial charge in [0, 0.05) is 11.4 Å². The summed E-state index contributed by atoms with van der Waals surface area (Å²) >= 11 is 0. The third kappa shape index (κ3) is 5.35. The molecule has 22 heavy (non-hydrogen) atoms. The van der Waals surface area contributed by atoms with Gasteiger partial charge in [-0.25, -0.2) is 9.97 Å². The van der Waals surface area contributed by atoms with Gasteiger partial charge in [0.2, 0.25) is 0 Å². The van der Waals surface area contributed by atoms with Crippen LogP contribution in [0, 0.1) is 13.8 Å². The quantitative estimate of drug-likeness (QED) is 0.654. The number of aromatic nitrogens is 2. The van der Waals surface area contributed by atoms with Gasteiger partial charge in [-0.3, -0.25) is 0 Å². The van der Waals surface area contributed by atoms with Crippen molar-refractivity contribution < 1.29 is 9.47 Å². The molecule has 0 radical (unpaired) electrons. The lowest BCUT2D eigenvalue weighted by Gasteiger charge is -2.08. The van der Waals surface area contributed by atoms with Gasteiger partial charge in [-0.05, 0) is 50.6 Å². The maximum absolute atomic E-state index is 5.71. The maximum Gasteiger partial charge on any atom is 0.322 e. The lowest BCUT2D eigenvalue weighted by atomic mass is 10.2. The molecule has 0 aliphatic carbocycles. The maximum atomic E-state index is 5.71. The third-order valence-corrected chi connectivity index (χ3v) is 3.26. The molecule has 1 aromatic carbocycles. The van der Waals surface area contributed by atoms with Gasteiger partial charge in [0.25, 0.3) is 0 Å². The van der Waals surface area contributed by atoms with Gasteiger partial charge in [0.05, 0.1) is 6.61 Å². The van der Waals surface area contributed by atoms with Crippen LogP contribution in [0.3, 0.4) is 0 Å². The van der Waals surface area contributed by atoms with Crippen molar-refractivity contribution >= 4 is 0 Å². The summed E-state index contributed by atoms with van der Waals surface area (Å²) in [6.07, 6.45) is 4.84. The molecule has 118 valence electrons. The Hall–Kier alpha value is -2.10. The molecule has 0 spiro atoms. The highest BCUT2D eigenvalue weighted by molar-refractivity contribution is 5.32. The first-order valence-corrected chi connectivity index (χ1v) is 7.90. The van der Waals surface area contributed by atoms with E-state index in [1.165, 1.54) is 19.3 Å². The van der Waals surface area contributed by atoms with Crippen molar-refractivity contribution in [3.63, 3.8) is 0 Å². The largest absolute Gasteiger partial charge is 0.494 e. The summed E-state index contributed by atoms with van der Waals surface area (Å²) in [5.41, 5.74) is 1.80. The average molecular weight is 300 g/mol. The van der Waals surface area contributed by atoms with Crippen LogP contribution in [0.4, 0.5) is 0 Å². The minimum Gasteiger partial charge on any atom is -0.494 e. The highest BCUT2D eigenvalue weighted by atomic mass is 16.5. The van der Waals surface area contributed by atoms with Crippen molar-refractivity contribution in [2.45, 2.75) is 46.5 Å². The lowest BCUT2D eigenvalue weighted by Crippen LogP contribution is -1.98. The number of unbranched alkanes of at least 4 members (excludes halogenated alkanes) is 3. The molecule has 0 saturated carbocycles. The van der Waals surface area contributed by atoms with E-state index in [1.807, 2.05) is 44.2 Å². The molecule has 4 nitrogen and oxygen atoms in total. The minimum absolute atomic E-state index is 0.380. The summed E-state index contributed by atoms with van der Waals surface area (Å²) in [5.74, 6) is 1.58. The third-order valence-electron chi connectivity index (χ3n) is 3.26. The van der Waals surface area contributed by atoms with Crippen LogP contribution in [0.2, 0.25) is 0 Å². The molecule has 0 bridgehead atoms. The molecule has 1 aromatic heterocycles. The fraction of sp³-hybridized carbons (Fsp3) is 0.444. The van der Waals surface area contributed by atoms with Gasteiger partial charge in [-0.15, -0.1) is 0 Å². The topological polar surface area (TPSA) is 44.2 Å². The number of benzene rings is 1. The zero-order chi connectivity index (χ0) is 15.8. The molecule has 0 fully saturated rings. The van der Waals surface area contributed by atoms with E-state index in [0.29, 0.717) is 11.8 Å². The number of rotatable bonds is 8. The van der Waals surface area contributed by atoms with Gasteiger partial charge in [0.15, 0.2) is 0 Å². The van der Waals surface area contributed by atoms with Crippen molar-refractivity contribution in [3.8, 4) is 17.5 Å². The van der Waals surface area contributed by atoms with E-state index in [2.05, 4.69) is 16.9 Å². The Bertz CT molecular complexity index is 562. The van der Waals surface area contributed by atoms with Gasteiger partial charge in [0.1, 0.15) is 11.5 Å². The summed E-state index contributed by atoms with van der Waals surface area (Å²) in [7, 11) is 0. The van der Waals surface area contributed by atoms with Crippen molar-refractivity contribution in [2.75, 3.05) is 6.61 Å². The Balaban J connectivity index is 1.86. The van der Waals surface area contributed by atoms with Crippen LogP contribution in [-0.2, 0) is 0 Å². The van der Waals surface area contributed by atoms with Crippen molar-refractivity contribution in [1.29, 1.82) is 0 Å². The average Bonchev–Trinajstić information content (AvgIpc) is 2.48. The predicted molar refractivity (Wildman–Crippen MR) is 87.7 cm³/mol. The Kier molecular flexibility index (Phi) is 6.19. The highest BCUT2D eigenvalue weighted by Gasteiger charge is 2.03. The fourth-order valence-electron chi connectivity index (χ4n) is 2.17. The van der Waals surface area contributed by atoms with E-state index in [9.17, 15) is 0 Å². The standard InChI is InChI=1S/C18H24N2O2/c1-4-5-6-7-12-21-16-8-10-17(11-9-16)22-18-19-14(2)13-15(3)20-18/h8-11,13H,4-7,12H2,1-3H3. The Morgan fingerprint density at radius 2 is 1.50 bits per heavy atom. The van der Waals surface area contributed by atoms with E-state index in [0.717, 1.165) is 30.2 Å². The lowest BCUT2D eigenvalue weighted by molar-refractivity contribution is 0.304. The Morgan fingerprint density at radius 1 is 0.864 bits per heavy atom. The van der Waals surface area contributed by atoms with E-state index in [-0.39, 0.29) is 0 Å². The normalized spacial score (nSPS) is 10.5. The summed E-state index contributed by atoms with van der Waals surface area (Å²) in [6, 6.07) is 9.88. The fourth-order valence-corrected chi connectivity index (χ4v) is 2.17. The number of hydrogen-bond donors (Lipinski definition) is 0. The van der Waals surface area contributed by atoms with Crippen LogP contribution < -0.4 is 9.47 Å². The summed E-state index contributed by atoms with van der Waals surface area (Å²) in [4.78, 5) is 8.53. The van der Waals surface area contributed by atoms with Crippen LogP contribution in [-0.4, -0.2) is 16.6 Å². The molecule has 0 saturated heterocycles. The minimum atomic E-state index is 0.380. The SMILES string of the molecule is CCCCCCOc1ccc(Oc2nc(C)cc(C)n2)cc1. The van der Waals surface area contributed by atoms with Gasteiger partial charge in [-0.2, -0.15) is 0 Å². The second kappa shape index (κ2) is 8.37. The van der Waals surface area contributed by atoms with Crippen LogP contribution in [0.1, 0.15) is 44.0 Å². The van der Waals surface area contributed by atoms with Crippen molar-refractivity contribution in [2.24, 2.45) is 0 Å². The van der Waals surface area contributed by atoms with Crippen LogP contribution >= 0.6 is 0 Å². The number of aryl methyl sites for hydroxylation is 2. The molecule has 0 amide bonds. The zero-order valence-electron chi connectivity index (χ0n) is 13.6. The van der Waals surface area contributed by atoms with Crippen LogP contribution in [0.5, 0.6) is 17.5 Å². The molecule has 0 atom stereocenters. The Labute approximate surface area is 132 Å². The number of nitrogens with zero attached hydrogens (tertiary/aromatic N) is 2. The Morgan fingerprint density at radius 3 is 2.14 bits per heavy atom. The molecule has 0 unspecified atom stereocenters. The van der Waals surface area contributed by atoms with Gasteiger partial charge in [-0.1, -0.05) is 26.2 Å². The van der Waals surface area contributed by atoms with Gasteiger partial charge >= 0.3 is 6.01 Å². The number of ether oxygens (including phenoxy) is 2. The zero-order valence-corrected chi connectivity index (χ0v) is 13.6. The first-order chi connectivity index (χ1) is 10.7. The van der Waals surface area contributed by atoms with Crippen molar-refractivity contribution in [1.82, 2.24) is 9.97 Å². The monoisotopic (exact) mass is 300 g/mol. The molecule has 0 aliphatic rings. The predicted octanol–water partition coefficient (Wildman–Crippen LogP) is 4.84. The van der Waals surface area contributed by atoms with E-state index in [1.54, 1.807) is 0 Å². The van der Waals surface area contributed by atoms with Crippen LogP contribution in [0.25, 0.3) is 0 Å². The molecule has 0 aliphatic heterocycles. The molecule has 0 N–H and O–H groups in total. The molecule has 4 heteroatoms. The first kappa shape index (κ1) is 16.3. The van der Waals surface area contributed by atoms with E-state index >= 15 is 0 Å². The van der Waals surface area contributed by atoms with Crippen molar-refractivity contribution in [3.05, 3.63) is 41.7 Å². The second-order valence-electron chi connectivity index (χ2n) is 5.42. The first-order valence-electron chi connectivity index (χ1n) is 7.90. The van der Waals surface area contributed by atoms with E-state index < -0.39 is 0 Å². The molecular formula is C18H24N2O2. The summed E-state index contributed by atoms with van der Waals surface area (Å²) < 4.78 is 11.4. The number of hydrogen-bond acceptors (Lipinski definition) is 4. The highest BCUT2D eigenvalue weighted by Crippen LogP contribution is 2.22. The van der Waals surface area contributed by atoms with Crippen LogP contribution in [0.15, 0.2) is 30.3 Å². The molecule has 1 heterocycles. The molecular weight excluding hydrogens is 276 g/mol. The second-order valence-corrected chi connectivity index (χ2v) is 5.42. The van der Waals surface area contributed by atoms with Gasteiger partial charge < -0.3 is 9.47 Å². The molecule has 2 aromatic rings. The van der Waals surface area contributed by atoms with E-state index in [4.69, 9.17) is 9.47 Å².